The van der Waals surface area contributed by atoms with Crippen molar-refractivity contribution in [1.82, 2.24) is 0 Å². The van der Waals surface area contributed by atoms with Crippen LogP contribution in [0, 0.1) is 0 Å². The van der Waals surface area contributed by atoms with Crippen molar-refractivity contribution in [3.05, 3.63) is 35.9 Å². The molecule has 0 fully saturated rings. The Morgan fingerprint density at radius 1 is 1.27 bits per heavy atom. The van der Waals surface area contributed by atoms with E-state index in [0.29, 0.717) is 5.56 Å². The second kappa shape index (κ2) is 4.90. The fourth-order valence-electron chi connectivity index (χ4n) is 0.908. The molecule has 0 bridgehead atoms. The van der Waals surface area contributed by atoms with Crippen molar-refractivity contribution in [3.63, 3.8) is 0 Å². The molecule has 2 N–H and O–H groups in total. The fourth-order valence-corrected chi connectivity index (χ4v) is 1.22. The molecule has 0 aliphatic carbocycles. The molecule has 0 saturated carbocycles. The number of carbonyl (C=O) groups excluding carboxylic acids is 1. The van der Waals surface area contributed by atoms with Crippen molar-refractivity contribution in [1.29, 1.82) is 0 Å². The topological polar surface area (TPSA) is 86.5 Å². The average Bonchev–Trinajstić information content (AvgIpc) is 2.17. The maximum absolute atomic E-state index is 11.3. The van der Waals surface area contributed by atoms with E-state index in [1.54, 1.807) is 30.3 Å². The Morgan fingerprint density at radius 2 is 1.87 bits per heavy atom. The number of esters is 1. The standard InChI is InChI=1S/C9H11NO4S/c10-15(12,13)7-6-14-9(11)8-4-2-1-3-5-8/h1-5H,6-7H2,(H2,10,12,13). The van der Waals surface area contributed by atoms with E-state index < -0.39 is 16.0 Å². The van der Waals surface area contributed by atoms with Crippen LogP contribution in [0.1, 0.15) is 10.4 Å². The summed E-state index contributed by atoms with van der Waals surface area (Å²) in [4.78, 5) is 11.3. The highest BCUT2D eigenvalue weighted by molar-refractivity contribution is 7.89. The minimum absolute atomic E-state index is 0.230. The monoisotopic (exact) mass is 229 g/mol. The summed E-state index contributed by atoms with van der Waals surface area (Å²) >= 11 is 0. The van der Waals surface area contributed by atoms with Crippen molar-refractivity contribution in [2.45, 2.75) is 0 Å². The van der Waals surface area contributed by atoms with E-state index in [2.05, 4.69) is 0 Å². The Kier molecular flexibility index (Phi) is 3.81. The van der Waals surface area contributed by atoms with Crippen LogP contribution in [0.15, 0.2) is 30.3 Å². The summed E-state index contributed by atoms with van der Waals surface area (Å²) < 4.78 is 25.8. The van der Waals surface area contributed by atoms with E-state index in [0.717, 1.165) is 0 Å². The van der Waals surface area contributed by atoms with Gasteiger partial charge in [0.25, 0.3) is 0 Å². The van der Waals surface area contributed by atoms with Crippen LogP contribution in [0.3, 0.4) is 0 Å². The second-order valence-corrected chi connectivity index (χ2v) is 4.60. The van der Waals surface area contributed by atoms with Gasteiger partial charge in [0.15, 0.2) is 0 Å². The van der Waals surface area contributed by atoms with Crippen LogP contribution in [-0.2, 0) is 14.8 Å². The Labute approximate surface area is 87.9 Å². The molecular formula is C9H11NO4S. The van der Waals surface area contributed by atoms with Crippen molar-refractivity contribution >= 4 is 16.0 Å². The molecule has 0 aliphatic rings. The maximum Gasteiger partial charge on any atom is 0.338 e. The molecule has 6 heteroatoms. The highest BCUT2D eigenvalue weighted by Crippen LogP contribution is 2.00. The Hall–Kier alpha value is -1.40. The first-order valence-corrected chi connectivity index (χ1v) is 5.93. The highest BCUT2D eigenvalue weighted by Gasteiger charge is 2.08. The molecule has 1 aromatic carbocycles. The third kappa shape index (κ3) is 4.57. The second-order valence-electron chi connectivity index (χ2n) is 2.87. The van der Waals surface area contributed by atoms with E-state index in [-0.39, 0.29) is 12.4 Å². The Balaban J connectivity index is 2.45. The number of hydrogen-bond donors (Lipinski definition) is 1. The minimum atomic E-state index is -3.58. The quantitative estimate of drug-likeness (QED) is 0.743. The van der Waals surface area contributed by atoms with Gasteiger partial charge in [-0.25, -0.2) is 18.4 Å². The molecular weight excluding hydrogens is 218 g/mol. The number of carbonyl (C=O) groups is 1. The Morgan fingerprint density at radius 3 is 2.40 bits per heavy atom. The van der Waals surface area contributed by atoms with E-state index in [1.165, 1.54) is 0 Å². The normalized spacial score (nSPS) is 11.0. The van der Waals surface area contributed by atoms with Crippen LogP contribution in [-0.4, -0.2) is 26.7 Å². The Bertz CT molecular complexity index is 427. The van der Waals surface area contributed by atoms with Crippen LogP contribution in [0.4, 0.5) is 0 Å². The lowest BCUT2D eigenvalue weighted by molar-refractivity contribution is 0.0529. The van der Waals surface area contributed by atoms with Crippen LogP contribution in [0.2, 0.25) is 0 Å². The first-order chi connectivity index (χ1) is 6.99. The average molecular weight is 229 g/mol. The molecule has 1 rings (SSSR count). The largest absolute Gasteiger partial charge is 0.461 e. The van der Waals surface area contributed by atoms with Crippen LogP contribution >= 0.6 is 0 Å². The van der Waals surface area contributed by atoms with Gasteiger partial charge in [0, 0.05) is 0 Å². The first-order valence-electron chi connectivity index (χ1n) is 4.22. The molecule has 1 aromatic rings. The van der Waals surface area contributed by atoms with Gasteiger partial charge in [0.05, 0.1) is 11.3 Å². The van der Waals surface area contributed by atoms with E-state index in [4.69, 9.17) is 9.88 Å². The van der Waals surface area contributed by atoms with Crippen molar-refractivity contribution in [3.8, 4) is 0 Å². The van der Waals surface area contributed by atoms with Crippen molar-refractivity contribution < 1.29 is 17.9 Å². The summed E-state index contributed by atoms with van der Waals surface area (Å²) in [5.41, 5.74) is 0.381. The number of ether oxygens (including phenoxy) is 1. The molecule has 0 heterocycles. The van der Waals surface area contributed by atoms with E-state index in [9.17, 15) is 13.2 Å². The number of benzene rings is 1. The van der Waals surface area contributed by atoms with Gasteiger partial charge in [-0.3, -0.25) is 0 Å². The molecule has 82 valence electrons. The summed E-state index contributed by atoms with van der Waals surface area (Å²) in [6.07, 6.45) is 0. The van der Waals surface area contributed by atoms with Crippen LogP contribution in [0.5, 0.6) is 0 Å². The SMILES string of the molecule is NS(=O)(=O)CCOC(=O)c1ccccc1. The van der Waals surface area contributed by atoms with Gasteiger partial charge in [0.2, 0.25) is 10.0 Å². The molecule has 0 radical (unpaired) electrons. The summed E-state index contributed by atoms with van der Waals surface area (Å²) in [7, 11) is -3.58. The predicted octanol–water partition coefficient (Wildman–Crippen LogP) is 0.132. The summed E-state index contributed by atoms with van der Waals surface area (Å²) in [5, 5.41) is 4.74. The first kappa shape index (κ1) is 11.7. The van der Waals surface area contributed by atoms with Crippen LogP contribution < -0.4 is 5.14 Å². The zero-order chi connectivity index (χ0) is 11.3. The summed E-state index contributed by atoms with van der Waals surface area (Å²) in [6.45, 7) is -0.230. The molecule has 0 atom stereocenters. The molecule has 0 amide bonds. The molecule has 0 unspecified atom stereocenters. The number of rotatable bonds is 4. The summed E-state index contributed by atoms with van der Waals surface area (Å²) in [5.74, 6) is -0.926. The lowest BCUT2D eigenvalue weighted by Gasteiger charge is -2.03. The number of sulfonamides is 1. The maximum atomic E-state index is 11.3. The van der Waals surface area contributed by atoms with Gasteiger partial charge in [-0.2, -0.15) is 0 Å². The molecule has 5 nitrogen and oxygen atoms in total. The third-order valence-corrected chi connectivity index (χ3v) is 2.35. The van der Waals surface area contributed by atoms with E-state index in [1.807, 2.05) is 0 Å². The molecule has 0 spiro atoms. The van der Waals surface area contributed by atoms with Gasteiger partial charge in [-0.1, -0.05) is 18.2 Å². The lowest BCUT2D eigenvalue weighted by atomic mass is 10.2. The molecule has 0 aromatic heterocycles. The van der Waals surface area contributed by atoms with E-state index >= 15 is 0 Å². The van der Waals surface area contributed by atoms with Crippen LogP contribution in [0.25, 0.3) is 0 Å². The third-order valence-electron chi connectivity index (χ3n) is 1.61. The van der Waals surface area contributed by atoms with Gasteiger partial charge in [-0.05, 0) is 12.1 Å². The molecule has 0 saturated heterocycles. The molecule has 15 heavy (non-hydrogen) atoms. The minimum Gasteiger partial charge on any atom is -0.461 e. The number of primary sulfonamides is 1. The van der Waals surface area contributed by atoms with Gasteiger partial charge in [-0.15, -0.1) is 0 Å². The van der Waals surface area contributed by atoms with Crippen molar-refractivity contribution in [2.24, 2.45) is 5.14 Å². The highest BCUT2D eigenvalue weighted by atomic mass is 32.2. The van der Waals surface area contributed by atoms with Crippen molar-refractivity contribution in [2.75, 3.05) is 12.4 Å². The lowest BCUT2D eigenvalue weighted by Crippen LogP contribution is -2.21. The fraction of sp³-hybridized carbons (Fsp3) is 0.222. The van der Waals surface area contributed by atoms with Gasteiger partial charge < -0.3 is 4.74 Å². The van der Waals surface area contributed by atoms with Gasteiger partial charge >= 0.3 is 5.97 Å². The number of nitrogens with two attached hydrogens (primary N) is 1. The zero-order valence-electron chi connectivity index (χ0n) is 7.92. The summed E-state index contributed by atoms with van der Waals surface area (Å²) in [6, 6.07) is 8.31. The van der Waals surface area contributed by atoms with Gasteiger partial charge in [0.1, 0.15) is 6.61 Å². The number of hydrogen-bond acceptors (Lipinski definition) is 4. The smallest absolute Gasteiger partial charge is 0.338 e. The predicted molar refractivity (Wildman–Crippen MR) is 54.7 cm³/mol. The zero-order valence-corrected chi connectivity index (χ0v) is 8.74. The molecule has 0 aliphatic heterocycles.